The van der Waals surface area contributed by atoms with Crippen LogP contribution in [0.3, 0.4) is 0 Å². The maximum Gasteiger partial charge on any atom is 0.0595 e. The average Bonchev–Trinajstić information content (AvgIpc) is 2.44. The number of ether oxygens (including phenoxy) is 1. The fourth-order valence-corrected chi connectivity index (χ4v) is 2.64. The van der Waals surface area contributed by atoms with Gasteiger partial charge in [-0.15, -0.1) is 0 Å². The van der Waals surface area contributed by atoms with Crippen molar-refractivity contribution >= 4 is 23.2 Å². The summed E-state index contributed by atoms with van der Waals surface area (Å²) < 4.78 is 5.35. The maximum absolute atomic E-state index is 9.59. The minimum Gasteiger partial charge on any atom is -0.396 e. The summed E-state index contributed by atoms with van der Waals surface area (Å²) in [6, 6.07) is 5.63. The van der Waals surface area contributed by atoms with Gasteiger partial charge in [0, 0.05) is 31.7 Å². The lowest BCUT2D eigenvalue weighted by Gasteiger charge is -2.35. The Morgan fingerprint density at radius 1 is 1.21 bits per heavy atom. The first-order valence-corrected chi connectivity index (χ1v) is 7.24. The zero-order chi connectivity index (χ0) is 13.7. The van der Waals surface area contributed by atoms with Gasteiger partial charge in [0.15, 0.2) is 0 Å². The van der Waals surface area contributed by atoms with E-state index in [1.54, 1.807) is 6.07 Å². The van der Waals surface area contributed by atoms with E-state index in [1.807, 2.05) is 12.1 Å². The van der Waals surface area contributed by atoms with Gasteiger partial charge in [-0.25, -0.2) is 0 Å². The van der Waals surface area contributed by atoms with E-state index in [4.69, 9.17) is 27.9 Å². The Bertz CT molecular complexity index is 420. The van der Waals surface area contributed by atoms with E-state index < -0.39 is 0 Å². The van der Waals surface area contributed by atoms with E-state index in [0.717, 1.165) is 44.7 Å². The van der Waals surface area contributed by atoms with Gasteiger partial charge >= 0.3 is 0 Å². The van der Waals surface area contributed by atoms with Gasteiger partial charge in [0.2, 0.25) is 0 Å². The summed E-state index contributed by atoms with van der Waals surface area (Å²) in [5, 5.41) is 14.1. The molecule has 0 aliphatic carbocycles. The number of benzene rings is 1. The molecule has 0 bridgehead atoms. The van der Waals surface area contributed by atoms with Crippen LogP contribution in [0.1, 0.15) is 18.4 Å². The first-order chi connectivity index (χ1) is 9.15. The number of aliphatic hydroxyl groups excluding tert-OH is 1. The predicted octanol–water partition coefficient (Wildman–Crippen LogP) is 2.87. The van der Waals surface area contributed by atoms with Crippen LogP contribution in [0.25, 0.3) is 0 Å². The number of halogens is 2. The second kappa shape index (κ2) is 6.91. The topological polar surface area (TPSA) is 41.5 Å². The molecule has 1 heterocycles. The molecule has 2 N–H and O–H groups in total. The van der Waals surface area contributed by atoms with E-state index in [2.05, 4.69) is 5.32 Å². The first-order valence-electron chi connectivity index (χ1n) is 6.48. The standard InChI is InChI=1S/C14H19Cl2NO2/c15-12-2-1-11(7-13(12)16)8-17-9-14(10-18)3-5-19-6-4-14/h1-2,7,17-18H,3-6,8-10H2. The van der Waals surface area contributed by atoms with Crippen LogP contribution in [0.5, 0.6) is 0 Å². The van der Waals surface area contributed by atoms with E-state index >= 15 is 0 Å². The molecule has 1 aromatic carbocycles. The Balaban J connectivity index is 1.86. The van der Waals surface area contributed by atoms with Gasteiger partial charge in [0.25, 0.3) is 0 Å². The summed E-state index contributed by atoms with van der Waals surface area (Å²) >= 11 is 11.9. The van der Waals surface area contributed by atoms with Crippen LogP contribution in [0, 0.1) is 5.41 Å². The maximum atomic E-state index is 9.59. The van der Waals surface area contributed by atoms with E-state index in [9.17, 15) is 5.11 Å². The van der Waals surface area contributed by atoms with Crippen molar-refractivity contribution in [1.29, 1.82) is 0 Å². The molecule has 0 atom stereocenters. The van der Waals surface area contributed by atoms with Crippen LogP contribution in [0.4, 0.5) is 0 Å². The summed E-state index contributed by atoms with van der Waals surface area (Å²) in [5.74, 6) is 0. The molecular formula is C14H19Cl2NO2. The molecule has 1 saturated heterocycles. The number of rotatable bonds is 5. The lowest BCUT2D eigenvalue weighted by Crippen LogP contribution is -2.41. The quantitative estimate of drug-likeness (QED) is 0.879. The molecule has 0 aromatic heterocycles. The lowest BCUT2D eigenvalue weighted by atomic mass is 9.81. The highest BCUT2D eigenvalue weighted by atomic mass is 35.5. The monoisotopic (exact) mass is 303 g/mol. The van der Waals surface area contributed by atoms with Crippen molar-refractivity contribution in [1.82, 2.24) is 5.32 Å². The van der Waals surface area contributed by atoms with Crippen molar-refractivity contribution in [2.24, 2.45) is 5.41 Å². The summed E-state index contributed by atoms with van der Waals surface area (Å²) in [7, 11) is 0. The molecule has 0 unspecified atom stereocenters. The molecule has 19 heavy (non-hydrogen) atoms. The highest BCUT2D eigenvalue weighted by molar-refractivity contribution is 6.42. The largest absolute Gasteiger partial charge is 0.396 e. The van der Waals surface area contributed by atoms with Crippen LogP contribution in [-0.2, 0) is 11.3 Å². The van der Waals surface area contributed by atoms with Crippen molar-refractivity contribution in [3.63, 3.8) is 0 Å². The Morgan fingerprint density at radius 2 is 1.95 bits per heavy atom. The number of hydrogen-bond donors (Lipinski definition) is 2. The van der Waals surface area contributed by atoms with E-state index in [0.29, 0.717) is 10.0 Å². The number of aliphatic hydroxyl groups is 1. The highest BCUT2D eigenvalue weighted by Gasteiger charge is 2.31. The summed E-state index contributed by atoms with van der Waals surface area (Å²) in [6.07, 6.45) is 1.80. The lowest BCUT2D eigenvalue weighted by molar-refractivity contribution is -0.0154. The van der Waals surface area contributed by atoms with Crippen molar-refractivity contribution < 1.29 is 9.84 Å². The van der Waals surface area contributed by atoms with E-state index in [-0.39, 0.29) is 12.0 Å². The molecule has 106 valence electrons. The minimum absolute atomic E-state index is 0.0472. The van der Waals surface area contributed by atoms with Gasteiger partial charge < -0.3 is 15.2 Å². The Labute approximate surface area is 123 Å². The van der Waals surface area contributed by atoms with Crippen molar-refractivity contribution in [2.75, 3.05) is 26.4 Å². The number of nitrogens with one attached hydrogen (secondary N) is 1. The third-order valence-corrected chi connectivity index (χ3v) is 4.44. The molecule has 3 nitrogen and oxygen atoms in total. The third-order valence-electron chi connectivity index (χ3n) is 3.70. The summed E-state index contributed by atoms with van der Waals surface area (Å²) in [4.78, 5) is 0. The van der Waals surface area contributed by atoms with Crippen LogP contribution < -0.4 is 5.32 Å². The third kappa shape index (κ3) is 4.07. The molecule has 2 rings (SSSR count). The second-order valence-electron chi connectivity index (χ2n) is 5.12. The minimum atomic E-state index is -0.0472. The Kier molecular flexibility index (Phi) is 5.48. The molecule has 1 fully saturated rings. The zero-order valence-electron chi connectivity index (χ0n) is 10.8. The predicted molar refractivity (Wildman–Crippen MR) is 77.7 cm³/mol. The number of hydrogen-bond acceptors (Lipinski definition) is 3. The van der Waals surface area contributed by atoms with Crippen LogP contribution in [-0.4, -0.2) is 31.5 Å². The van der Waals surface area contributed by atoms with Gasteiger partial charge in [-0.3, -0.25) is 0 Å². The Morgan fingerprint density at radius 3 is 2.58 bits per heavy atom. The fourth-order valence-electron chi connectivity index (χ4n) is 2.32. The van der Waals surface area contributed by atoms with Crippen molar-refractivity contribution in [3.8, 4) is 0 Å². The highest BCUT2D eigenvalue weighted by Crippen LogP contribution is 2.29. The molecule has 1 aliphatic rings. The molecule has 1 aromatic rings. The van der Waals surface area contributed by atoms with Gasteiger partial charge in [0.05, 0.1) is 16.7 Å². The normalized spacial score (nSPS) is 18.5. The molecule has 5 heteroatoms. The molecular weight excluding hydrogens is 285 g/mol. The Hall–Kier alpha value is -0.320. The molecule has 0 amide bonds. The second-order valence-corrected chi connectivity index (χ2v) is 5.94. The summed E-state index contributed by atoms with van der Waals surface area (Å²) in [6.45, 7) is 3.17. The molecule has 0 saturated carbocycles. The van der Waals surface area contributed by atoms with Gasteiger partial charge in [-0.2, -0.15) is 0 Å². The van der Waals surface area contributed by atoms with Gasteiger partial charge in [-0.05, 0) is 30.5 Å². The molecule has 0 spiro atoms. The molecule has 0 radical (unpaired) electrons. The fraction of sp³-hybridized carbons (Fsp3) is 0.571. The van der Waals surface area contributed by atoms with E-state index in [1.165, 1.54) is 0 Å². The van der Waals surface area contributed by atoms with Gasteiger partial charge in [0.1, 0.15) is 0 Å². The van der Waals surface area contributed by atoms with Crippen molar-refractivity contribution in [3.05, 3.63) is 33.8 Å². The van der Waals surface area contributed by atoms with Gasteiger partial charge in [-0.1, -0.05) is 29.3 Å². The average molecular weight is 304 g/mol. The summed E-state index contributed by atoms with van der Waals surface area (Å²) in [5.41, 5.74) is 1.05. The zero-order valence-corrected chi connectivity index (χ0v) is 12.3. The molecule has 1 aliphatic heterocycles. The van der Waals surface area contributed by atoms with Crippen molar-refractivity contribution in [2.45, 2.75) is 19.4 Å². The SMILES string of the molecule is OCC1(CNCc2ccc(Cl)c(Cl)c2)CCOCC1. The van der Waals surface area contributed by atoms with Crippen LogP contribution in [0.15, 0.2) is 18.2 Å². The van der Waals surface area contributed by atoms with Crippen LogP contribution in [0.2, 0.25) is 10.0 Å². The smallest absolute Gasteiger partial charge is 0.0595 e. The first kappa shape index (κ1) is 15.1. The van der Waals surface area contributed by atoms with Crippen LogP contribution >= 0.6 is 23.2 Å².